The Kier molecular flexibility index (Phi) is 5.73. The van der Waals surface area contributed by atoms with Gasteiger partial charge in [0, 0.05) is 23.9 Å². The van der Waals surface area contributed by atoms with Crippen molar-refractivity contribution in [3.05, 3.63) is 22.7 Å². The van der Waals surface area contributed by atoms with E-state index in [0.717, 1.165) is 12.3 Å². The van der Waals surface area contributed by atoms with E-state index in [9.17, 15) is 16.8 Å². The minimum atomic E-state index is -3.84. The molecule has 1 N–H and O–H groups in total. The van der Waals surface area contributed by atoms with Crippen molar-refractivity contribution in [1.82, 2.24) is 4.72 Å². The summed E-state index contributed by atoms with van der Waals surface area (Å²) in [4.78, 5) is -0.177. The quantitative estimate of drug-likeness (QED) is 0.793. The molecule has 1 aromatic carbocycles. The number of hydrogen-bond acceptors (Lipinski definition) is 5. The first-order valence-electron chi connectivity index (χ1n) is 5.59. The molecule has 0 radical (unpaired) electrons. The van der Waals surface area contributed by atoms with E-state index in [4.69, 9.17) is 4.74 Å². The molecule has 1 atom stereocenters. The zero-order chi connectivity index (χ0) is 15.6. The predicted molar refractivity (Wildman–Crippen MR) is 78.9 cm³/mol. The minimum absolute atomic E-state index is 0.0551. The topological polar surface area (TPSA) is 89.5 Å². The summed E-state index contributed by atoms with van der Waals surface area (Å²) in [6, 6.07) is 3.43. The van der Waals surface area contributed by atoms with Crippen molar-refractivity contribution in [3.63, 3.8) is 0 Å². The number of methoxy groups -OCH3 is 1. The average Bonchev–Trinajstić information content (AvgIpc) is 2.26. The van der Waals surface area contributed by atoms with E-state index >= 15 is 0 Å². The molecule has 0 fully saturated rings. The SMILES string of the molecule is COCC(C)NS(=O)(=O)c1cc(S(C)(=O)=O)ccc1Br. The van der Waals surface area contributed by atoms with Crippen molar-refractivity contribution in [2.45, 2.75) is 22.8 Å². The van der Waals surface area contributed by atoms with Crippen LogP contribution in [0.15, 0.2) is 32.5 Å². The highest BCUT2D eigenvalue weighted by Gasteiger charge is 2.22. The molecule has 0 spiro atoms. The van der Waals surface area contributed by atoms with E-state index in [1.807, 2.05) is 0 Å². The first-order chi connectivity index (χ1) is 9.08. The second-order valence-electron chi connectivity index (χ2n) is 4.34. The van der Waals surface area contributed by atoms with E-state index in [-0.39, 0.29) is 16.4 Å². The largest absolute Gasteiger partial charge is 0.383 e. The number of hydrogen-bond donors (Lipinski definition) is 1. The molecule has 0 amide bonds. The smallest absolute Gasteiger partial charge is 0.242 e. The van der Waals surface area contributed by atoms with Gasteiger partial charge in [0.25, 0.3) is 0 Å². The Balaban J connectivity index is 3.24. The molecule has 1 unspecified atom stereocenters. The van der Waals surface area contributed by atoms with E-state index in [0.29, 0.717) is 4.47 Å². The van der Waals surface area contributed by atoms with Crippen molar-refractivity contribution in [3.8, 4) is 0 Å². The highest BCUT2D eigenvalue weighted by atomic mass is 79.9. The summed E-state index contributed by atoms with van der Waals surface area (Å²) in [5.41, 5.74) is 0. The van der Waals surface area contributed by atoms with Crippen LogP contribution in [0.25, 0.3) is 0 Å². The molecule has 114 valence electrons. The second-order valence-corrected chi connectivity index (χ2v) is 8.89. The predicted octanol–water partition coefficient (Wildman–Crippen LogP) is 1.17. The van der Waals surface area contributed by atoms with Gasteiger partial charge in [-0.05, 0) is 41.1 Å². The average molecular weight is 386 g/mol. The molecule has 0 aromatic heterocycles. The van der Waals surface area contributed by atoms with Crippen molar-refractivity contribution in [2.75, 3.05) is 20.0 Å². The lowest BCUT2D eigenvalue weighted by molar-refractivity contribution is 0.180. The van der Waals surface area contributed by atoms with Gasteiger partial charge < -0.3 is 4.74 Å². The van der Waals surface area contributed by atoms with Crippen molar-refractivity contribution in [1.29, 1.82) is 0 Å². The monoisotopic (exact) mass is 385 g/mol. The lowest BCUT2D eigenvalue weighted by Gasteiger charge is -2.14. The third kappa shape index (κ3) is 4.52. The molecule has 0 aliphatic heterocycles. The van der Waals surface area contributed by atoms with Crippen LogP contribution in [0, 0.1) is 0 Å². The Morgan fingerprint density at radius 3 is 2.40 bits per heavy atom. The summed E-state index contributed by atoms with van der Waals surface area (Å²) in [7, 11) is -5.85. The summed E-state index contributed by atoms with van der Waals surface area (Å²) in [5.74, 6) is 0. The molecule has 1 rings (SSSR count). The molecular formula is C11H16BrNO5S2. The molecule has 6 nitrogen and oxygen atoms in total. The van der Waals surface area contributed by atoms with Gasteiger partial charge >= 0.3 is 0 Å². The van der Waals surface area contributed by atoms with Crippen LogP contribution >= 0.6 is 15.9 Å². The van der Waals surface area contributed by atoms with Crippen LogP contribution in [-0.4, -0.2) is 42.8 Å². The lowest BCUT2D eigenvalue weighted by Crippen LogP contribution is -2.35. The number of sulfone groups is 1. The molecule has 0 aliphatic rings. The van der Waals surface area contributed by atoms with Crippen LogP contribution in [0.2, 0.25) is 0 Å². The number of ether oxygens (including phenoxy) is 1. The Bertz CT molecular complexity index is 685. The fourth-order valence-corrected chi connectivity index (χ4v) is 4.47. The van der Waals surface area contributed by atoms with Crippen LogP contribution in [0.5, 0.6) is 0 Å². The summed E-state index contributed by atoms with van der Waals surface area (Å²) >= 11 is 3.12. The number of sulfonamides is 1. The maximum atomic E-state index is 12.2. The Morgan fingerprint density at radius 2 is 1.90 bits per heavy atom. The maximum absolute atomic E-state index is 12.2. The van der Waals surface area contributed by atoms with E-state index in [2.05, 4.69) is 20.7 Å². The highest BCUT2D eigenvalue weighted by molar-refractivity contribution is 9.10. The van der Waals surface area contributed by atoms with Gasteiger partial charge in [0.1, 0.15) is 0 Å². The molecule has 9 heteroatoms. The molecular weight excluding hydrogens is 370 g/mol. The van der Waals surface area contributed by atoms with Crippen LogP contribution in [0.3, 0.4) is 0 Å². The number of rotatable bonds is 6. The lowest BCUT2D eigenvalue weighted by atomic mass is 10.4. The third-order valence-electron chi connectivity index (χ3n) is 2.39. The normalized spacial score (nSPS) is 14.2. The van der Waals surface area contributed by atoms with Gasteiger partial charge in [0.2, 0.25) is 10.0 Å². The fourth-order valence-electron chi connectivity index (χ4n) is 1.53. The van der Waals surface area contributed by atoms with Crippen LogP contribution < -0.4 is 4.72 Å². The second kappa shape index (κ2) is 6.52. The zero-order valence-electron chi connectivity index (χ0n) is 11.3. The third-order valence-corrected chi connectivity index (χ3v) is 6.09. The molecule has 0 bridgehead atoms. The van der Waals surface area contributed by atoms with Crippen LogP contribution in [0.4, 0.5) is 0 Å². The van der Waals surface area contributed by atoms with Crippen LogP contribution in [0.1, 0.15) is 6.92 Å². The van der Waals surface area contributed by atoms with Gasteiger partial charge in [-0.3, -0.25) is 0 Å². The van der Waals surface area contributed by atoms with Crippen molar-refractivity contribution in [2.24, 2.45) is 0 Å². The number of benzene rings is 1. The van der Waals surface area contributed by atoms with Gasteiger partial charge in [-0.15, -0.1) is 0 Å². The van der Waals surface area contributed by atoms with Gasteiger partial charge in [0.05, 0.1) is 16.4 Å². The number of halogens is 1. The standard InChI is InChI=1S/C11H16BrNO5S2/c1-8(7-18-2)13-20(16,17)11-6-9(19(3,14)15)4-5-10(11)12/h4-6,8,13H,7H2,1-3H3. The minimum Gasteiger partial charge on any atom is -0.383 e. The van der Waals surface area contributed by atoms with Gasteiger partial charge in [-0.2, -0.15) is 0 Å². The van der Waals surface area contributed by atoms with Crippen molar-refractivity contribution >= 4 is 35.8 Å². The van der Waals surface area contributed by atoms with Gasteiger partial charge in [-0.1, -0.05) is 0 Å². The summed E-state index contributed by atoms with van der Waals surface area (Å²) in [6.45, 7) is 1.86. The summed E-state index contributed by atoms with van der Waals surface area (Å²) < 4.78 is 55.0. The molecule has 0 saturated heterocycles. The van der Waals surface area contributed by atoms with E-state index in [1.54, 1.807) is 6.92 Å². The maximum Gasteiger partial charge on any atom is 0.242 e. The van der Waals surface area contributed by atoms with Gasteiger partial charge in [-0.25, -0.2) is 21.6 Å². The molecule has 0 heterocycles. The Hall–Kier alpha value is -0.480. The molecule has 0 saturated carbocycles. The Morgan fingerprint density at radius 1 is 1.30 bits per heavy atom. The fraction of sp³-hybridized carbons (Fsp3) is 0.455. The first kappa shape index (κ1) is 17.6. The highest BCUT2D eigenvalue weighted by Crippen LogP contribution is 2.25. The zero-order valence-corrected chi connectivity index (χ0v) is 14.5. The molecule has 1 aromatic rings. The summed E-state index contributed by atoms with van der Waals surface area (Å²) in [6.07, 6.45) is 1.02. The first-order valence-corrected chi connectivity index (χ1v) is 9.75. The molecule has 20 heavy (non-hydrogen) atoms. The molecule has 0 aliphatic carbocycles. The number of nitrogens with one attached hydrogen (secondary N) is 1. The van der Waals surface area contributed by atoms with Crippen LogP contribution in [-0.2, 0) is 24.6 Å². The Labute approximate surface area is 127 Å². The van der Waals surface area contributed by atoms with E-state index < -0.39 is 25.9 Å². The van der Waals surface area contributed by atoms with Gasteiger partial charge in [0.15, 0.2) is 9.84 Å². The van der Waals surface area contributed by atoms with E-state index in [1.165, 1.54) is 19.2 Å². The van der Waals surface area contributed by atoms with Crippen molar-refractivity contribution < 1.29 is 21.6 Å². The summed E-state index contributed by atoms with van der Waals surface area (Å²) in [5, 5.41) is 0.